The maximum Gasteiger partial charge on any atom is 0.320 e. The van der Waals surface area contributed by atoms with E-state index >= 15 is 0 Å². The van der Waals surface area contributed by atoms with Crippen molar-refractivity contribution in [1.29, 1.82) is 0 Å². The molecule has 1 N–H and O–H groups in total. The standard InChI is InChI=1S/C16H24N2O3/c1-3-14(16(19)20)18-10-8-17(9-11-18)12-13-6-4-5-7-15(13)21-2/h4-7,14H,3,8-12H2,1-2H3,(H,19,20). The second kappa shape index (κ2) is 7.43. The van der Waals surface area contributed by atoms with E-state index in [9.17, 15) is 9.90 Å². The highest BCUT2D eigenvalue weighted by molar-refractivity contribution is 5.73. The monoisotopic (exact) mass is 292 g/mol. The number of benzene rings is 1. The van der Waals surface area contributed by atoms with Gasteiger partial charge in [0.15, 0.2) is 0 Å². The summed E-state index contributed by atoms with van der Waals surface area (Å²) in [7, 11) is 1.69. The molecule has 116 valence electrons. The van der Waals surface area contributed by atoms with Gasteiger partial charge >= 0.3 is 5.97 Å². The average molecular weight is 292 g/mol. The summed E-state index contributed by atoms with van der Waals surface area (Å²) in [6.07, 6.45) is 0.655. The molecule has 0 amide bonds. The Hall–Kier alpha value is -1.59. The number of piperazine rings is 1. The topological polar surface area (TPSA) is 53.0 Å². The van der Waals surface area contributed by atoms with Crippen LogP contribution in [0.5, 0.6) is 5.75 Å². The highest BCUT2D eigenvalue weighted by Crippen LogP contribution is 2.20. The lowest BCUT2D eigenvalue weighted by Gasteiger charge is -2.37. The molecule has 1 aromatic carbocycles. The molecule has 1 saturated heterocycles. The van der Waals surface area contributed by atoms with Gasteiger partial charge in [-0.15, -0.1) is 0 Å². The molecule has 1 unspecified atom stereocenters. The third kappa shape index (κ3) is 3.95. The van der Waals surface area contributed by atoms with Crippen LogP contribution < -0.4 is 4.74 Å². The van der Waals surface area contributed by atoms with E-state index in [0.29, 0.717) is 6.42 Å². The summed E-state index contributed by atoms with van der Waals surface area (Å²) >= 11 is 0. The molecule has 1 fully saturated rings. The number of methoxy groups -OCH3 is 1. The molecule has 0 radical (unpaired) electrons. The molecule has 0 bridgehead atoms. The summed E-state index contributed by atoms with van der Waals surface area (Å²) in [5.74, 6) is 0.201. The Morgan fingerprint density at radius 3 is 2.52 bits per heavy atom. The van der Waals surface area contributed by atoms with Crippen LogP contribution in [-0.2, 0) is 11.3 Å². The predicted molar refractivity (Wildman–Crippen MR) is 81.6 cm³/mol. The normalized spacial score (nSPS) is 18.4. The van der Waals surface area contributed by atoms with E-state index in [1.54, 1.807) is 7.11 Å². The van der Waals surface area contributed by atoms with E-state index in [0.717, 1.165) is 38.5 Å². The fourth-order valence-electron chi connectivity index (χ4n) is 2.90. The van der Waals surface area contributed by atoms with Gasteiger partial charge in [0, 0.05) is 38.3 Å². The summed E-state index contributed by atoms with van der Waals surface area (Å²) < 4.78 is 5.38. The first-order chi connectivity index (χ1) is 10.2. The third-order valence-corrected chi connectivity index (χ3v) is 4.11. The maximum atomic E-state index is 11.2. The van der Waals surface area contributed by atoms with Gasteiger partial charge in [-0.1, -0.05) is 25.1 Å². The third-order valence-electron chi connectivity index (χ3n) is 4.11. The minimum Gasteiger partial charge on any atom is -0.496 e. The Balaban J connectivity index is 1.91. The lowest BCUT2D eigenvalue weighted by Crippen LogP contribution is -2.52. The molecule has 1 aromatic rings. The SMILES string of the molecule is CCC(C(=O)O)N1CCN(Cc2ccccc2OC)CC1. The average Bonchev–Trinajstić information content (AvgIpc) is 2.50. The van der Waals surface area contributed by atoms with Crippen molar-refractivity contribution in [1.82, 2.24) is 9.80 Å². The fraction of sp³-hybridized carbons (Fsp3) is 0.562. The Bertz CT molecular complexity index is 470. The summed E-state index contributed by atoms with van der Waals surface area (Å²) in [5, 5.41) is 9.22. The Kier molecular flexibility index (Phi) is 5.59. The fourth-order valence-corrected chi connectivity index (χ4v) is 2.90. The number of hydrogen-bond acceptors (Lipinski definition) is 4. The van der Waals surface area contributed by atoms with Crippen molar-refractivity contribution in [2.24, 2.45) is 0 Å². The summed E-state index contributed by atoms with van der Waals surface area (Å²) in [6, 6.07) is 7.70. The Labute approximate surface area is 126 Å². The number of hydrogen-bond donors (Lipinski definition) is 1. The van der Waals surface area contributed by atoms with Crippen molar-refractivity contribution >= 4 is 5.97 Å². The first kappa shape index (κ1) is 15.8. The second-order valence-electron chi connectivity index (χ2n) is 5.39. The molecule has 1 aliphatic rings. The number of aliphatic carboxylic acids is 1. The quantitative estimate of drug-likeness (QED) is 0.864. The van der Waals surface area contributed by atoms with Crippen LogP contribution in [-0.4, -0.2) is 60.2 Å². The number of ether oxygens (including phenoxy) is 1. The molecule has 1 atom stereocenters. The van der Waals surface area contributed by atoms with E-state index in [1.165, 1.54) is 5.56 Å². The smallest absolute Gasteiger partial charge is 0.320 e. The van der Waals surface area contributed by atoms with Crippen LogP contribution in [0.4, 0.5) is 0 Å². The van der Waals surface area contributed by atoms with Crippen molar-refractivity contribution in [3.8, 4) is 5.75 Å². The van der Waals surface area contributed by atoms with Gasteiger partial charge in [-0.2, -0.15) is 0 Å². The zero-order valence-corrected chi connectivity index (χ0v) is 12.8. The van der Waals surface area contributed by atoms with Gasteiger partial charge in [-0.05, 0) is 12.5 Å². The molecule has 1 heterocycles. The molecular weight excluding hydrogens is 268 g/mol. The van der Waals surface area contributed by atoms with Gasteiger partial charge in [0.2, 0.25) is 0 Å². The molecule has 0 aromatic heterocycles. The highest BCUT2D eigenvalue weighted by Gasteiger charge is 2.27. The number of rotatable bonds is 6. The largest absolute Gasteiger partial charge is 0.496 e. The maximum absolute atomic E-state index is 11.2. The number of nitrogens with zero attached hydrogens (tertiary/aromatic N) is 2. The number of carbonyl (C=O) groups is 1. The molecule has 5 heteroatoms. The molecule has 0 aliphatic carbocycles. The molecule has 0 spiro atoms. The number of para-hydroxylation sites is 1. The minimum absolute atomic E-state index is 0.349. The van der Waals surface area contributed by atoms with E-state index in [4.69, 9.17) is 4.74 Å². The summed E-state index contributed by atoms with van der Waals surface area (Å²) in [4.78, 5) is 15.6. The van der Waals surface area contributed by atoms with Crippen molar-refractivity contribution in [2.45, 2.75) is 25.9 Å². The van der Waals surface area contributed by atoms with Crippen molar-refractivity contribution in [3.63, 3.8) is 0 Å². The van der Waals surface area contributed by atoms with Crippen LogP contribution in [0.15, 0.2) is 24.3 Å². The first-order valence-electron chi connectivity index (χ1n) is 7.46. The Morgan fingerprint density at radius 2 is 1.95 bits per heavy atom. The van der Waals surface area contributed by atoms with Crippen molar-refractivity contribution in [2.75, 3.05) is 33.3 Å². The van der Waals surface area contributed by atoms with Gasteiger partial charge in [0.25, 0.3) is 0 Å². The molecular formula is C16H24N2O3. The van der Waals surface area contributed by atoms with Crippen LogP contribution >= 0.6 is 0 Å². The van der Waals surface area contributed by atoms with E-state index in [1.807, 2.05) is 25.1 Å². The predicted octanol–water partition coefficient (Wildman–Crippen LogP) is 1.68. The molecule has 0 saturated carbocycles. The Morgan fingerprint density at radius 1 is 1.29 bits per heavy atom. The zero-order chi connectivity index (χ0) is 15.2. The van der Waals surface area contributed by atoms with Gasteiger partial charge < -0.3 is 9.84 Å². The van der Waals surface area contributed by atoms with Gasteiger partial charge in [-0.25, -0.2) is 0 Å². The van der Waals surface area contributed by atoms with Gasteiger partial charge in [0.05, 0.1) is 7.11 Å². The molecule has 21 heavy (non-hydrogen) atoms. The lowest BCUT2D eigenvalue weighted by atomic mass is 10.1. The van der Waals surface area contributed by atoms with E-state index in [2.05, 4.69) is 15.9 Å². The van der Waals surface area contributed by atoms with Crippen LogP contribution in [0, 0.1) is 0 Å². The first-order valence-corrected chi connectivity index (χ1v) is 7.46. The van der Waals surface area contributed by atoms with Crippen LogP contribution in [0.1, 0.15) is 18.9 Å². The summed E-state index contributed by atoms with van der Waals surface area (Å²) in [6.45, 7) is 6.17. The van der Waals surface area contributed by atoms with Gasteiger partial charge in [0.1, 0.15) is 11.8 Å². The van der Waals surface area contributed by atoms with E-state index < -0.39 is 5.97 Å². The minimum atomic E-state index is -0.712. The molecule has 2 rings (SSSR count). The van der Waals surface area contributed by atoms with Crippen LogP contribution in [0.25, 0.3) is 0 Å². The lowest BCUT2D eigenvalue weighted by molar-refractivity contribution is -0.144. The van der Waals surface area contributed by atoms with Crippen molar-refractivity contribution in [3.05, 3.63) is 29.8 Å². The number of carboxylic acid groups (broad SMARTS) is 1. The highest BCUT2D eigenvalue weighted by atomic mass is 16.5. The zero-order valence-electron chi connectivity index (χ0n) is 12.8. The van der Waals surface area contributed by atoms with Gasteiger partial charge in [-0.3, -0.25) is 14.6 Å². The summed E-state index contributed by atoms with van der Waals surface area (Å²) in [5.41, 5.74) is 1.18. The van der Waals surface area contributed by atoms with Crippen molar-refractivity contribution < 1.29 is 14.6 Å². The number of carboxylic acids is 1. The van der Waals surface area contributed by atoms with E-state index in [-0.39, 0.29) is 6.04 Å². The van der Waals surface area contributed by atoms with Crippen LogP contribution in [0.2, 0.25) is 0 Å². The molecule has 1 aliphatic heterocycles. The second-order valence-corrected chi connectivity index (χ2v) is 5.39. The van der Waals surface area contributed by atoms with Crippen LogP contribution in [0.3, 0.4) is 0 Å². The molecule has 5 nitrogen and oxygen atoms in total.